The van der Waals surface area contributed by atoms with Gasteiger partial charge in [0, 0.05) is 41.6 Å². The highest BCUT2D eigenvalue weighted by atomic mass is 19.3. The molecule has 0 N–H and O–H groups in total. The van der Waals surface area contributed by atoms with Gasteiger partial charge in [-0.15, -0.1) is 0 Å². The monoisotopic (exact) mass is 414 g/mol. The highest BCUT2D eigenvalue weighted by Gasteiger charge is 2.40. The van der Waals surface area contributed by atoms with E-state index in [1.54, 1.807) is 0 Å². The molecule has 2 heterocycles. The van der Waals surface area contributed by atoms with E-state index in [0.717, 1.165) is 47.5 Å². The molecule has 162 valence electrons. The Balaban J connectivity index is 1.70. The van der Waals surface area contributed by atoms with Gasteiger partial charge >= 0.3 is 0 Å². The molecule has 1 saturated carbocycles. The largest absolute Gasteiger partial charge is 0.361 e. The average Bonchev–Trinajstić information content (AvgIpc) is 3.22. The predicted octanol–water partition coefficient (Wildman–Crippen LogP) is 7.49. The van der Waals surface area contributed by atoms with Crippen molar-refractivity contribution >= 4 is 5.57 Å². The van der Waals surface area contributed by atoms with Gasteiger partial charge in [0.2, 0.25) is 5.92 Å². The van der Waals surface area contributed by atoms with Gasteiger partial charge in [0.25, 0.3) is 0 Å². The summed E-state index contributed by atoms with van der Waals surface area (Å²) in [5.74, 6) is -0.792. The number of nitrogens with zero attached hydrogens (tertiary/aromatic N) is 2. The Morgan fingerprint density at radius 1 is 1.23 bits per heavy atom. The molecule has 2 aliphatic carbocycles. The highest BCUT2D eigenvalue weighted by molar-refractivity contribution is 5.79. The minimum Gasteiger partial charge on any atom is -0.361 e. The van der Waals surface area contributed by atoms with E-state index in [9.17, 15) is 8.78 Å². The van der Waals surface area contributed by atoms with Gasteiger partial charge in [-0.05, 0) is 56.6 Å². The summed E-state index contributed by atoms with van der Waals surface area (Å²) in [6.45, 7) is 8.25. The Morgan fingerprint density at radius 3 is 2.60 bits per heavy atom. The first-order valence-corrected chi connectivity index (χ1v) is 11.3. The standard InChI is InChI=1S/C25H32F2N2O/c1-5-6-7-20(18-8-10-25(26,27)11-9-18)21-12-15(2)24-22(21)13-19(14-28-24)23-16(3)29-30-17(23)4/h12-15,18,20H,5-11H2,1-4H3. The summed E-state index contributed by atoms with van der Waals surface area (Å²) in [5.41, 5.74) is 6.51. The molecule has 2 unspecified atom stereocenters. The summed E-state index contributed by atoms with van der Waals surface area (Å²) in [5, 5.41) is 4.09. The molecule has 1 fully saturated rings. The minimum atomic E-state index is -2.49. The number of alkyl halides is 2. The number of aryl methyl sites for hydroxylation is 2. The van der Waals surface area contributed by atoms with Crippen LogP contribution in [0.15, 0.2) is 22.9 Å². The van der Waals surface area contributed by atoms with E-state index in [0.29, 0.717) is 24.7 Å². The van der Waals surface area contributed by atoms with E-state index >= 15 is 0 Å². The van der Waals surface area contributed by atoms with Crippen LogP contribution in [0.2, 0.25) is 0 Å². The van der Waals surface area contributed by atoms with Gasteiger partial charge in [0.1, 0.15) is 5.76 Å². The second kappa shape index (κ2) is 8.24. The number of fused-ring (bicyclic) bond motifs is 1. The normalized spacial score (nSPS) is 22.1. The van der Waals surface area contributed by atoms with Crippen molar-refractivity contribution in [2.75, 3.05) is 0 Å². The summed E-state index contributed by atoms with van der Waals surface area (Å²) in [4.78, 5) is 4.82. The van der Waals surface area contributed by atoms with Crippen LogP contribution in [-0.2, 0) is 0 Å². The van der Waals surface area contributed by atoms with Crippen molar-refractivity contribution < 1.29 is 13.3 Å². The number of hydrogen-bond acceptors (Lipinski definition) is 3. The van der Waals surface area contributed by atoms with E-state index in [1.165, 1.54) is 11.1 Å². The summed E-state index contributed by atoms with van der Waals surface area (Å²) in [6.07, 6.45) is 8.81. The van der Waals surface area contributed by atoms with Crippen molar-refractivity contribution in [1.29, 1.82) is 0 Å². The number of rotatable bonds is 6. The maximum absolute atomic E-state index is 13.8. The fourth-order valence-corrected chi connectivity index (χ4v) is 5.40. The zero-order chi connectivity index (χ0) is 21.5. The maximum atomic E-state index is 13.8. The summed E-state index contributed by atoms with van der Waals surface area (Å²) in [7, 11) is 0. The third-order valence-electron chi connectivity index (χ3n) is 7.01. The molecule has 4 rings (SSSR count). The lowest BCUT2D eigenvalue weighted by Gasteiger charge is -2.35. The molecule has 0 aliphatic heterocycles. The molecule has 2 aromatic heterocycles. The molecule has 0 amide bonds. The summed E-state index contributed by atoms with van der Waals surface area (Å²) in [6, 6.07) is 2.22. The zero-order valence-corrected chi connectivity index (χ0v) is 18.5. The molecule has 0 saturated heterocycles. The number of hydrogen-bond donors (Lipinski definition) is 0. The van der Waals surface area contributed by atoms with Crippen LogP contribution in [-0.4, -0.2) is 16.1 Å². The molecule has 2 aromatic rings. The van der Waals surface area contributed by atoms with Crippen LogP contribution in [0.1, 0.15) is 87.4 Å². The molecule has 0 bridgehead atoms. The van der Waals surface area contributed by atoms with Crippen LogP contribution < -0.4 is 0 Å². The van der Waals surface area contributed by atoms with Gasteiger partial charge in [0.05, 0.1) is 11.4 Å². The lowest BCUT2D eigenvalue weighted by atomic mass is 9.72. The summed E-state index contributed by atoms with van der Waals surface area (Å²) >= 11 is 0. The molecule has 0 radical (unpaired) electrons. The van der Waals surface area contributed by atoms with Gasteiger partial charge in [-0.2, -0.15) is 0 Å². The van der Waals surface area contributed by atoms with Gasteiger partial charge in [0.15, 0.2) is 0 Å². The van der Waals surface area contributed by atoms with Crippen molar-refractivity contribution in [2.24, 2.45) is 11.8 Å². The number of allylic oxidation sites excluding steroid dienone is 2. The Kier molecular flexibility index (Phi) is 5.82. The van der Waals surface area contributed by atoms with E-state index in [-0.39, 0.29) is 18.8 Å². The second-order valence-electron chi connectivity index (χ2n) is 9.21. The van der Waals surface area contributed by atoms with E-state index < -0.39 is 5.92 Å². The second-order valence-corrected chi connectivity index (χ2v) is 9.21. The van der Waals surface area contributed by atoms with Crippen molar-refractivity contribution in [3.05, 3.63) is 41.1 Å². The third-order valence-corrected chi connectivity index (χ3v) is 7.01. The van der Waals surface area contributed by atoms with Crippen LogP contribution in [0.5, 0.6) is 0 Å². The predicted molar refractivity (Wildman–Crippen MR) is 116 cm³/mol. The van der Waals surface area contributed by atoms with E-state index in [4.69, 9.17) is 9.51 Å². The lowest BCUT2D eigenvalue weighted by molar-refractivity contribution is -0.0499. The molecule has 3 nitrogen and oxygen atoms in total. The Bertz CT molecular complexity index is 917. The third kappa shape index (κ3) is 3.95. The van der Waals surface area contributed by atoms with Crippen LogP contribution >= 0.6 is 0 Å². The van der Waals surface area contributed by atoms with E-state index in [1.807, 2.05) is 20.0 Å². The van der Waals surface area contributed by atoms with Crippen molar-refractivity contribution in [3.8, 4) is 11.1 Å². The van der Waals surface area contributed by atoms with Crippen LogP contribution in [0, 0.1) is 25.7 Å². The minimum absolute atomic E-state index is 0.0212. The van der Waals surface area contributed by atoms with Crippen molar-refractivity contribution in [1.82, 2.24) is 10.1 Å². The van der Waals surface area contributed by atoms with Crippen LogP contribution in [0.4, 0.5) is 8.78 Å². The number of halogens is 2. The van der Waals surface area contributed by atoms with Crippen LogP contribution in [0.3, 0.4) is 0 Å². The first kappa shape index (κ1) is 21.2. The van der Waals surface area contributed by atoms with Crippen molar-refractivity contribution in [3.63, 3.8) is 0 Å². The fraction of sp³-hybridized carbons (Fsp3) is 0.600. The molecule has 0 spiro atoms. The quantitative estimate of drug-likeness (QED) is 0.491. The topological polar surface area (TPSA) is 38.9 Å². The summed E-state index contributed by atoms with van der Waals surface area (Å²) < 4.78 is 33.0. The molecule has 30 heavy (non-hydrogen) atoms. The fourth-order valence-electron chi connectivity index (χ4n) is 5.40. The lowest BCUT2D eigenvalue weighted by Crippen LogP contribution is -2.29. The first-order valence-electron chi connectivity index (χ1n) is 11.3. The van der Waals surface area contributed by atoms with Gasteiger partial charge in [-0.25, -0.2) is 8.78 Å². The number of aromatic nitrogens is 2. The maximum Gasteiger partial charge on any atom is 0.248 e. The van der Waals surface area contributed by atoms with Gasteiger partial charge < -0.3 is 4.52 Å². The van der Waals surface area contributed by atoms with E-state index in [2.05, 4.69) is 31.1 Å². The molecule has 0 aromatic carbocycles. The van der Waals surface area contributed by atoms with Crippen LogP contribution in [0.25, 0.3) is 16.7 Å². The Labute approximate surface area is 178 Å². The zero-order valence-electron chi connectivity index (χ0n) is 18.5. The molecular formula is C25H32F2N2O. The SMILES string of the molecule is CCCCC(C1=CC(C)c2ncc(-c3c(C)noc3C)cc21)C1CCC(F)(F)CC1. The van der Waals surface area contributed by atoms with Gasteiger partial charge in [-0.3, -0.25) is 4.98 Å². The smallest absolute Gasteiger partial charge is 0.248 e. The molecular weight excluding hydrogens is 382 g/mol. The van der Waals surface area contributed by atoms with Gasteiger partial charge in [-0.1, -0.05) is 37.9 Å². The molecule has 2 atom stereocenters. The number of unbranched alkanes of at least 4 members (excludes halogenated alkanes) is 1. The highest BCUT2D eigenvalue weighted by Crippen LogP contribution is 2.49. The van der Waals surface area contributed by atoms with Crippen molar-refractivity contribution in [2.45, 2.75) is 84.5 Å². The molecule has 5 heteroatoms. The Morgan fingerprint density at radius 2 is 1.97 bits per heavy atom. The first-order chi connectivity index (χ1) is 14.3. The molecule has 2 aliphatic rings. The Hall–Kier alpha value is -2.04. The average molecular weight is 415 g/mol. The number of pyridine rings is 1.